The van der Waals surface area contributed by atoms with Crippen LogP contribution in [0.4, 0.5) is 4.79 Å². The molecule has 34 heavy (non-hydrogen) atoms. The van der Waals surface area contributed by atoms with E-state index in [0.717, 1.165) is 11.1 Å². The number of carbonyl (C=O) groups excluding carboxylic acids is 2. The molecule has 8 heteroatoms. The van der Waals surface area contributed by atoms with Crippen LogP contribution < -0.4 is 10.6 Å². The number of amides is 2. The lowest BCUT2D eigenvalue weighted by Crippen LogP contribution is -2.48. The Kier molecular flexibility index (Phi) is 8.65. The molecule has 0 aliphatic heterocycles. The molecule has 0 bridgehead atoms. The maximum Gasteiger partial charge on any atom is 0.407 e. The molecule has 2 aromatic rings. The van der Waals surface area contributed by atoms with Crippen molar-refractivity contribution in [3.63, 3.8) is 0 Å². The smallest absolute Gasteiger partial charge is 0.407 e. The van der Waals surface area contributed by atoms with E-state index in [1.54, 1.807) is 6.92 Å². The highest BCUT2D eigenvalue weighted by Gasteiger charge is 2.29. The van der Waals surface area contributed by atoms with Crippen molar-refractivity contribution in [2.75, 3.05) is 13.7 Å². The van der Waals surface area contributed by atoms with Gasteiger partial charge in [-0.25, -0.2) is 9.59 Å². The monoisotopic (exact) mass is 468 g/mol. The van der Waals surface area contributed by atoms with E-state index in [1.807, 2.05) is 31.2 Å². The topological polar surface area (TPSA) is 114 Å². The van der Waals surface area contributed by atoms with Gasteiger partial charge in [0.1, 0.15) is 6.61 Å². The zero-order valence-electron chi connectivity index (χ0n) is 19.7. The summed E-state index contributed by atoms with van der Waals surface area (Å²) in [4.78, 5) is 35.7. The lowest BCUT2D eigenvalue weighted by atomic mass is 9.98. The molecule has 1 unspecified atom stereocenters. The molecule has 8 nitrogen and oxygen atoms in total. The SMILES string of the molecule is CO[C@H](C)[C@H](NC(=O)CCCC(C)NC(=O)OCC1c2ccccc2-c2ccccc21)C(=O)O. The fourth-order valence-corrected chi connectivity index (χ4v) is 4.24. The normalized spacial score (nSPS) is 14.9. The molecule has 182 valence electrons. The molecule has 0 aromatic heterocycles. The summed E-state index contributed by atoms with van der Waals surface area (Å²) in [5, 5.41) is 14.5. The van der Waals surface area contributed by atoms with Crippen LogP contribution >= 0.6 is 0 Å². The second-order valence-corrected chi connectivity index (χ2v) is 8.59. The summed E-state index contributed by atoms with van der Waals surface area (Å²) in [6, 6.07) is 15.0. The van der Waals surface area contributed by atoms with Crippen molar-refractivity contribution < 1.29 is 29.0 Å². The van der Waals surface area contributed by atoms with Gasteiger partial charge in [0.15, 0.2) is 6.04 Å². The number of hydrogen-bond acceptors (Lipinski definition) is 5. The Morgan fingerprint density at radius 1 is 0.971 bits per heavy atom. The van der Waals surface area contributed by atoms with Crippen LogP contribution in [0.5, 0.6) is 0 Å². The zero-order chi connectivity index (χ0) is 24.7. The molecule has 1 aliphatic rings. The third-order valence-electron chi connectivity index (χ3n) is 6.17. The molecule has 3 N–H and O–H groups in total. The average molecular weight is 469 g/mol. The van der Waals surface area contributed by atoms with Gasteiger partial charge in [0.05, 0.1) is 6.10 Å². The highest BCUT2D eigenvalue weighted by Crippen LogP contribution is 2.44. The first-order chi connectivity index (χ1) is 16.3. The number of fused-ring (bicyclic) bond motifs is 3. The van der Waals surface area contributed by atoms with Crippen molar-refractivity contribution in [2.45, 2.75) is 57.2 Å². The van der Waals surface area contributed by atoms with Gasteiger partial charge in [0, 0.05) is 25.5 Å². The Morgan fingerprint density at radius 3 is 2.12 bits per heavy atom. The van der Waals surface area contributed by atoms with Crippen LogP contribution in [0, 0.1) is 0 Å². The quantitative estimate of drug-likeness (QED) is 0.464. The molecule has 3 atom stereocenters. The molecule has 0 saturated carbocycles. The molecule has 1 aliphatic carbocycles. The Bertz CT molecular complexity index is 978. The van der Waals surface area contributed by atoms with E-state index in [9.17, 15) is 19.5 Å². The van der Waals surface area contributed by atoms with Crippen LogP contribution in [0.15, 0.2) is 48.5 Å². The van der Waals surface area contributed by atoms with Gasteiger partial charge in [-0.05, 0) is 48.9 Å². The van der Waals surface area contributed by atoms with Crippen LogP contribution in [0.2, 0.25) is 0 Å². The van der Waals surface area contributed by atoms with E-state index in [2.05, 4.69) is 34.9 Å². The summed E-state index contributed by atoms with van der Waals surface area (Å²) in [6.07, 6.45) is 0.0468. The molecule has 0 heterocycles. The van der Waals surface area contributed by atoms with E-state index in [1.165, 1.54) is 18.2 Å². The fraction of sp³-hybridized carbons (Fsp3) is 0.423. The average Bonchev–Trinajstić information content (AvgIpc) is 3.14. The van der Waals surface area contributed by atoms with E-state index in [0.29, 0.717) is 12.8 Å². The van der Waals surface area contributed by atoms with Gasteiger partial charge in [-0.2, -0.15) is 0 Å². The van der Waals surface area contributed by atoms with Crippen LogP contribution in [0.3, 0.4) is 0 Å². The Hall–Kier alpha value is -3.39. The third-order valence-corrected chi connectivity index (χ3v) is 6.17. The number of benzene rings is 2. The number of carboxylic acids is 1. The molecular formula is C26H32N2O6. The second-order valence-electron chi connectivity index (χ2n) is 8.59. The maximum absolute atomic E-state index is 12.4. The number of carbonyl (C=O) groups is 3. The van der Waals surface area contributed by atoms with Crippen LogP contribution in [0.25, 0.3) is 11.1 Å². The zero-order valence-corrected chi connectivity index (χ0v) is 19.7. The lowest BCUT2D eigenvalue weighted by Gasteiger charge is -2.20. The summed E-state index contributed by atoms with van der Waals surface area (Å²) < 4.78 is 10.5. The number of aliphatic carboxylic acids is 1. The first kappa shape index (κ1) is 25.2. The van der Waals surface area contributed by atoms with Gasteiger partial charge in [0.2, 0.25) is 5.91 Å². The second kappa shape index (κ2) is 11.7. The van der Waals surface area contributed by atoms with Gasteiger partial charge in [0.25, 0.3) is 0 Å². The van der Waals surface area contributed by atoms with Crippen LogP contribution in [-0.4, -0.2) is 55.0 Å². The predicted molar refractivity (Wildman–Crippen MR) is 128 cm³/mol. The van der Waals surface area contributed by atoms with Crippen molar-refractivity contribution >= 4 is 18.0 Å². The van der Waals surface area contributed by atoms with Crippen LogP contribution in [-0.2, 0) is 19.1 Å². The first-order valence-corrected chi connectivity index (χ1v) is 11.5. The molecule has 0 radical (unpaired) electrons. The lowest BCUT2D eigenvalue weighted by molar-refractivity contribution is -0.145. The van der Waals surface area contributed by atoms with E-state index in [-0.39, 0.29) is 30.9 Å². The van der Waals surface area contributed by atoms with Crippen molar-refractivity contribution in [1.82, 2.24) is 10.6 Å². The summed E-state index contributed by atoms with van der Waals surface area (Å²) in [5.41, 5.74) is 4.64. The Labute approximate surface area is 199 Å². The summed E-state index contributed by atoms with van der Waals surface area (Å²) >= 11 is 0. The standard InChI is InChI=1S/C26H32N2O6/c1-16(9-8-14-23(29)28-24(25(30)31)17(2)33-3)27-26(32)34-15-22-20-12-6-4-10-18(20)19-11-5-7-13-21(19)22/h4-7,10-13,16-17,22,24H,8-9,14-15H2,1-3H3,(H,27,32)(H,28,29)(H,30,31)/t16?,17-,24+/m1/s1. The minimum atomic E-state index is -1.15. The number of rotatable bonds is 11. The number of hydrogen-bond donors (Lipinski definition) is 3. The summed E-state index contributed by atoms with van der Waals surface area (Å²) in [7, 11) is 1.39. The number of alkyl carbamates (subject to hydrolysis) is 1. The highest BCUT2D eigenvalue weighted by molar-refractivity contribution is 5.84. The van der Waals surface area contributed by atoms with Gasteiger partial charge in [-0.15, -0.1) is 0 Å². The molecule has 2 aromatic carbocycles. The van der Waals surface area contributed by atoms with Crippen molar-refractivity contribution in [2.24, 2.45) is 0 Å². The first-order valence-electron chi connectivity index (χ1n) is 11.5. The summed E-state index contributed by atoms with van der Waals surface area (Å²) in [5.74, 6) is -1.52. The number of methoxy groups -OCH3 is 1. The Morgan fingerprint density at radius 2 is 1.56 bits per heavy atom. The number of ether oxygens (including phenoxy) is 2. The highest BCUT2D eigenvalue weighted by atomic mass is 16.5. The van der Waals surface area contributed by atoms with Gasteiger partial charge in [-0.3, -0.25) is 4.79 Å². The predicted octanol–water partition coefficient (Wildman–Crippen LogP) is 3.69. The van der Waals surface area contributed by atoms with Gasteiger partial charge in [-0.1, -0.05) is 48.5 Å². The Balaban J connectivity index is 1.43. The minimum Gasteiger partial charge on any atom is -0.480 e. The fourth-order valence-electron chi connectivity index (χ4n) is 4.24. The van der Waals surface area contributed by atoms with Crippen LogP contribution in [0.1, 0.15) is 50.2 Å². The number of nitrogens with one attached hydrogen (secondary N) is 2. The minimum absolute atomic E-state index is 0.00572. The van der Waals surface area contributed by atoms with E-state index >= 15 is 0 Å². The van der Waals surface area contributed by atoms with Gasteiger partial charge >= 0.3 is 12.1 Å². The molecular weight excluding hydrogens is 436 g/mol. The van der Waals surface area contributed by atoms with Crippen molar-refractivity contribution in [3.05, 3.63) is 59.7 Å². The summed E-state index contributed by atoms with van der Waals surface area (Å²) in [6.45, 7) is 3.66. The van der Waals surface area contributed by atoms with Crippen molar-refractivity contribution in [1.29, 1.82) is 0 Å². The third kappa shape index (κ3) is 6.14. The molecule has 3 rings (SSSR count). The van der Waals surface area contributed by atoms with Crippen molar-refractivity contribution in [3.8, 4) is 11.1 Å². The largest absolute Gasteiger partial charge is 0.480 e. The molecule has 0 fully saturated rings. The van der Waals surface area contributed by atoms with E-state index < -0.39 is 24.2 Å². The maximum atomic E-state index is 12.4. The molecule has 0 spiro atoms. The molecule has 2 amide bonds. The van der Waals surface area contributed by atoms with Gasteiger partial charge < -0.3 is 25.2 Å². The number of carboxylic acid groups (broad SMARTS) is 1. The molecule has 0 saturated heterocycles. The van der Waals surface area contributed by atoms with E-state index in [4.69, 9.17) is 9.47 Å².